The molecule has 4 rings (SSSR count). The smallest absolute Gasteiger partial charge is 0.323 e. The van der Waals surface area contributed by atoms with Crippen molar-refractivity contribution in [1.29, 1.82) is 0 Å². The van der Waals surface area contributed by atoms with Crippen molar-refractivity contribution < 1.29 is 18.0 Å². The number of hydrogen-bond acceptors (Lipinski definition) is 2. The van der Waals surface area contributed by atoms with E-state index in [0.29, 0.717) is 12.3 Å². The lowest BCUT2D eigenvalue weighted by Gasteiger charge is -2.23. The van der Waals surface area contributed by atoms with Crippen LogP contribution in [0.2, 0.25) is 0 Å². The fourth-order valence-corrected chi connectivity index (χ4v) is 4.50. The molecule has 0 spiro atoms. The van der Waals surface area contributed by atoms with E-state index < -0.39 is 11.7 Å². The zero-order valence-corrected chi connectivity index (χ0v) is 15.6. The van der Waals surface area contributed by atoms with Crippen molar-refractivity contribution in [2.45, 2.75) is 18.1 Å². The Hall–Kier alpha value is -2.67. The van der Waals surface area contributed by atoms with Gasteiger partial charge in [0.1, 0.15) is 5.37 Å². The highest BCUT2D eigenvalue weighted by Gasteiger charge is 2.35. The fraction of sp³-hybridized carbons (Fsp3) is 0.190. The van der Waals surface area contributed by atoms with Crippen LogP contribution in [0.15, 0.2) is 73.1 Å². The molecule has 2 heterocycles. The number of benzene rings is 2. The summed E-state index contributed by atoms with van der Waals surface area (Å²) in [5.74, 6) is 0.393. The summed E-state index contributed by atoms with van der Waals surface area (Å²) in [6.07, 6.45) is -1.14. The molecule has 3 nitrogen and oxygen atoms in total. The number of carbonyl (C=O) groups excluding carboxylic acids is 1. The van der Waals surface area contributed by atoms with Crippen LogP contribution in [0.1, 0.15) is 22.1 Å². The number of carbonyl (C=O) groups is 1. The zero-order valence-electron chi connectivity index (χ0n) is 14.8. The van der Waals surface area contributed by atoms with Gasteiger partial charge in [-0.05, 0) is 23.8 Å². The fourth-order valence-electron chi connectivity index (χ4n) is 3.33. The second kappa shape index (κ2) is 7.39. The molecule has 1 atom stereocenters. The normalized spacial score (nSPS) is 17.3. The molecule has 0 aliphatic carbocycles. The highest BCUT2D eigenvalue weighted by molar-refractivity contribution is 8.00. The van der Waals surface area contributed by atoms with E-state index in [9.17, 15) is 18.0 Å². The van der Waals surface area contributed by atoms with Crippen molar-refractivity contribution >= 4 is 17.7 Å². The number of aromatic nitrogens is 1. The van der Waals surface area contributed by atoms with Crippen molar-refractivity contribution in [2.75, 3.05) is 5.75 Å². The van der Waals surface area contributed by atoms with Crippen molar-refractivity contribution in [2.24, 2.45) is 0 Å². The number of hydrogen-bond donors (Lipinski definition) is 0. The predicted molar refractivity (Wildman–Crippen MR) is 103 cm³/mol. The van der Waals surface area contributed by atoms with Gasteiger partial charge in [-0.3, -0.25) is 4.79 Å². The number of amides is 1. The minimum atomic E-state index is -4.43. The number of halogens is 3. The van der Waals surface area contributed by atoms with E-state index in [1.807, 2.05) is 30.3 Å². The Balaban J connectivity index is 1.63. The van der Waals surface area contributed by atoms with Crippen LogP contribution in [0.25, 0.3) is 5.69 Å². The number of para-hydroxylation sites is 1. The van der Waals surface area contributed by atoms with Gasteiger partial charge in [0.2, 0.25) is 5.91 Å². The molecule has 1 saturated heterocycles. The van der Waals surface area contributed by atoms with Gasteiger partial charge < -0.3 is 9.47 Å². The lowest BCUT2D eigenvalue weighted by Crippen LogP contribution is -2.27. The van der Waals surface area contributed by atoms with E-state index in [4.69, 9.17) is 0 Å². The highest BCUT2D eigenvalue weighted by atomic mass is 32.2. The standard InChI is InChI=1S/C21H17F3N2OS/c22-21(23,24)17-8-4-5-9-18(17)25-11-10-16(13-25)20-26(19(27)14-28-20)12-15-6-2-1-3-7-15/h1-11,13,20H,12,14H2/t20-/m0/s1. The second-order valence-corrected chi connectivity index (χ2v) is 7.61. The van der Waals surface area contributed by atoms with E-state index in [2.05, 4.69) is 0 Å². The first-order valence-corrected chi connectivity index (χ1v) is 9.78. The Morgan fingerprint density at radius 1 is 1.00 bits per heavy atom. The Bertz CT molecular complexity index is 985. The largest absolute Gasteiger partial charge is 0.418 e. The lowest BCUT2D eigenvalue weighted by atomic mass is 10.1. The average Bonchev–Trinajstić information content (AvgIpc) is 3.30. The van der Waals surface area contributed by atoms with Crippen molar-refractivity contribution in [1.82, 2.24) is 9.47 Å². The molecule has 0 saturated carbocycles. The zero-order chi connectivity index (χ0) is 19.7. The highest BCUT2D eigenvalue weighted by Crippen LogP contribution is 2.40. The van der Waals surface area contributed by atoms with Gasteiger partial charge in [0.15, 0.2) is 0 Å². The molecule has 3 aromatic rings. The van der Waals surface area contributed by atoms with Crippen LogP contribution >= 0.6 is 11.8 Å². The number of nitrogens with zero attached hydrogens (tertiary/aromatic N) is 2. The molecule has 2 aromatic carbocycles. The maximum absolute atomic E-state index is 13.3. The average molecular weight is 402 g/mol. The van der Waals surface area contributed by atoms with Crippen LogP contribution in [-0.2, 0) is 17.5 Å². The Kier molecular flexibility index (Phi) is 4.93. The van der Waals surface area contributed by atoms with E-state index in [1.54, 1.807) is 29.4 Å². The summed E-state index contributed by atoms with van der Waals surface area (Å²) in [6, 6.07) is 16.9. The first kappa shape index (κ1) is 18.7. The SMILES string of the molecule is O=C1CS[C@@H](c2ccn(-c3ccccc3C(F)(F)F)c2)N1Cc1ccccc1. The number of thioether (sulfide) groups is 1. The Morgan fingerprint density at radius 3 is 2.46 bits per heavy atom. The number of rotatable bonds is 4. The van der Waals surface area contributed by atoms with E-state index in [1.165, 1.54) is 28.5 Å². The summed E-state index contributed by atoms with van der Waals surface area (Å²) in [5.41, 5.74) is 1.22. The molecule has 0 radical (unpaired) electrons. The van der Waals surface area contributed by atoms with Crippen molar-refractivity contribution in [3.8, 4) is 5.69 Å². The maximum Gasteiger partial charge on any atom is 0.418 e. The molecule has 0 N–H and O–H groups in total. The summed E-state index contributed by atoms with van der Waals surface area (Å²) in [6.45, 7) is 0.474. The summed E-state index contributed by atoms with van der Waals surface area (Å²) < 4.78 is 41.5. The number of alkyl halides is 3. The first-order valence-electron chi connectivity index (χ1n) is 8.73. The van der Waals surface area contributed by atoms with Crippen LogP contribution < -0.4 is 0 Å². The molecule has 1 amide bonds. The topological polar surface area (TPSA) is 25.2 Å². The minimum Gasteiger partial charge on any atom is -0.323 e. The van der Waals surface area contributed by atoms with Gasteiger partial charge in [-0.15, -0.1) is 11.8 Å². The van der Waals surface area contributed by atoms with Crippen molar-refractivity contribution in [3.63, 3.8) is 0 Å². The monoisotopic (exact) mass is 402 g/mol. The molecule has 0 bridgehead atoms. The van der Waals surface area contributed by atoms with Gasteiger partial charge in [-0.25, -0.2) is 0 Å². The molecule has 0 unspecified atom stereocenters. The molecule has 1 aliphatic rings. The molecule has 1 fully saturated rings. The molecule has 1 aromatic heterocycles. The third-order valence-electron chi connectivity index (χ3n) is 4.65. The lowest BCUT2D eigenvalue weighted by molar-refractivity contribution is -0.137. The minimum absolute atomic E-state index is 0.0299. The molecule has 28 heavy (non-hydrogen) atoms. The third kappa shape index (κ3) is 3.67. The Morgan fingerprint density at radius 2 is 1.71 bits per heavy atom. The quantitative estimate of drug-likeness (QED) is 0.594. The maximum atomic E-state index is 13.3. The summed E-state index contributed by atoms with van der Waals surface area (Å²) in [5, 5.41) is -0.216. The van der Waals surface area contributed by atoms with Gasteiger partial charge >= 0.3 is 6.18 Å². The second-order valence-electron chi connectivity index (χ2n) is 6.54. The van der Waals surface area contributed by atoms with Gasteiger partial charge in [-0.1, -0.05) is 42.5 Å². The Labute approximate surface area is 164 Å². The van der Waals surface area contributed by atoms with E-state index in [-0.39, 0.29) is 17.0 Å². The molecule has 1 aliphatic heterocycles. The summed E-state index contributed by atoms with van der Waals surface area (Å²) in [7, 11) is 0. The summed E-state index contributed by atoms with van der Waals surface area (Å²) in [4.78, 5) is 14.1. The molecule has 7 heteroatoms. The van der Waals surface area contributed by atoms with Crippen LogP contribution in [0, 0.1) is 0 Å². The van der Waals surface area contributed by atoms with Gasteiger partial charge in [0, 0.05) is 24.5 Å². The van der Waals surface area contributed by atoms with Crippen molar-refractivity contribution in [3.05, 3.63) is 89.7 Å². The van der Waals surface area contributed by atoms with Gasteiger partial charge in [0.05, 0.1) is 17.0 Å². The van der Waals surface area contributed by atoms with Gasteiger partial charge in [0.25, 0.3) is 0 Å². The first-order chi connectivity index (χ1) is 13.4. The van der Waals surface area contributed by atoms with Crippen LogP contribution in [0.4, 0.5) is 13.2 Å². The molecular weight excluding hydrogens is 385 g/mol. The van der Waals surface area contributed by atoms with E-state index in [0.717, 1.165) is 17.2 Å². The summed E-state index contributed by atoms with van der Waals surface area (Å²) >= 11 is 1.49. The van der Waals surface area contributed by atoms with Crippen LogP contribution in [0.5, 0.6) is 0 Å². The predicted octanol–water partition coefficient (Wildman–Crippen LogP) is 5.27. The van der Waals surface area contributed by atoms with Gasteiger partial charge in [-0.2, -0.15) is 13.2 Å². The van der Waals surface area contributed by atoms with E-state index >= 15 is 0 Å². The third-order valence-corrected chi connectivity index (χ3v) is 5.91. The van der Waals surface area contributed by atoms with Crippen LogP contribution in [-0.4, -0.2) is 21.1 Å². The molecule has 144 valence electrons. The van der Waals surface area contributed by atoms with Crippen LogP contribution in [0.3, 0.4) is 0 Å². The molecular formula is C21H17F3N2OS.